The molecular weight excluding hydrogens is 292 g/mol. The predicted octanol–water partition coefficient (Wildman–Crippen LogP) is 2.06. The number of nitrogens with one attached hydrogen (secondary N) is 2. The number of aromatic nitrogens is 1. The number of urea groups is 1. The summed E-state index contributed by atoms with van der Waals surface area (Å²) in [5, 5.41) is 5.85. The Hall–Kier alpha value is -2.11. The van der Waals surface area contributed by atoms with Crippen molar-refractivity contribution in [2.24, 2.45) is 0 Å². The summed E-state index contributed by atoms with van der Waals surface area (Å²) < 4.78 is 0. The topological polar surface area (TPSA) is 74.3 Å². The first-order valence-corrected chi connectivity index (χ1v) is 8.34. The zero-order valence-electron chi connectivity index (χ0n) is 13.8. The number of hydrogen-bond acceptors (Lipinski definition) is 3. The summed E-state index contributed by atoms with van der Waals surface area (Å²) in [6.45, 7) is 2.98. The number of carbonyl (C=O) groups is 2. The second kappa shape index (κ2) is 9.12. The van der Waals surface area contributed by atoms with E-state index in [1.165, 1.54) is 19.3 Å². The molecule has 126 valence electrons. The minimum absolute atomic E-state index is 0.0108. The fraction of sp³-hybridized carbons (Fsp3) is 0.588. The van der Waals surface area contributed by atoms with Crippen LogP contribution in [0.2, 0.25) is 0 Å². The van der Waals surface area contributed by atoms with Crippen LogP contribution in [0.15, 0.2) is 24.5 Å². The number of rotatable bonds is 6. The Morgan fingerprint density at radius 3 is 2.74 bits per heavy atom. The maximum absolute atomic E-state index is 11.9. The van der Waals surface area contributed by atoms with Crippen molar-refractivity contribution >= 4 is 11.9 Å². The largest absolute Gasteiger partial charge is 0.337 e. The molecule has 0 aromatic carbocycles. The minimum atomic E-state index is -0.137. The van der Waals surface area contributed by atoms with Gasteiger partial charge in [0, 0.05) is 45.0 Å². The van der Waals surface area contributed by atoms with Crippen LogP contribution in [0.1, 0.15) is 44.6 Å². The van der Waals surface area contributed by atoms with E-state index in [-0.39, 0.29) is 11.9 Å². The Morgan fingerprint density at radius 2 is 2.09 bits per heavy atom. The normalized spacial score (nSPS) is 15.0. The van der Waals surface area contributed by atoms with Crippen molar-refractivity contribution in [3.05, 3.63) is 30.1 Å². The van der Waals surface area contributed by atoms with E-state index in [2.05, 4.69) is 15.6 Å². The third-order valence-corrected chi connectivity index (χ3v) is 4.15. The first kappa shape index (κ1) is 17.2. The summed E-state index contributed by atoms with van der Waals surface area (Å²) in [6.07, 6.45) is 9.23. The summed E-state index contributed by atoms with van der Waals surface area (Å²) in [7, 11) is 0. The monoisotopic (exact) mass is 318 g/mol. The van der Waals surface area contributed by atoms with Crippen LogP contribution in [0.4, 0.5) is 4.79 Å². The molecule has 23 heavy (non-hydrogen) atoms. The van der Waals surface area contributed by atoms with Crippen molar-refractivity contribution in [2.45, 2.75) is 51.6 Å². The molecule has 0 unspecified atom stereocenters. The minimum Gasteiger partial charge on any atom is -0.337 e. The second-order valence-corrected chi connectivity index (χ2v) is 6.04. The van der Waals surface area contributed by atoms with E-state index in [4.69, 9.17) is 0 Å². The van der Waals surface area contributed by atoms with Crippen molar-refractivity contribution in [2.75, 3.05) is 13.1 Å². The zero-order valence-corrected chi connectivity index (χ0v) is 13.8. The fourth-order valence-corrected chi connectivity index (χ4v) is 2.85. The lowest BCUT2D eigenvalue weighted by atomic mass is 9.96. The first-order valence-electron chi connectivity index (χ1n) is 8.34. The van der Waals surface area contributed by atoms with Crippen LogP contribution in [-0.2, 0) is 11.3 Å². The maximum Gasteiger partial charge on any atom is 0.315 e. The van der Waals surface area contributed by atoms with E-state index in [1.807, 2.05) is 12.1 Å². The lowest BCUT2D eigenvalue weighted by Gasteiger charge is -2.24. The van der Waals surface area contributed by atoms with Crippen LogP contribution >= 0.6 is 0 Å². The van der Waals surface area contributed by atoms with Crippen molar-refractivity contribution in [3.8, 4) is 0 Å². The van der Waals surface area contributed by atoms with E-state index in [0.29, 0.717) is 25.7 Å². The first-order chi connectivity index (χ1) is 11.1. The van der Waals surface area contributed by atoms with Gasteiger partial charge in [0.15, 0.2) is 0 Å². The molecule has 3 amide bonds. The Kier molecular flexibility index (Phi) is 6.84. The fourth-order valence-electron chi connectivity index (χ4n) is 2.85. The highest BCUT2D eigenvalue weighted by Crippen LogP contribution is 2.17. The molecule has 1 fully saturated rings. The Balaban J connectivity index is 1.71. The van der Waals surface area contributed by atoms with Gasteiger partial charge in [-0.3, -0.25) is 9.78 Å². The molecule has 1 saturated carbocycles. The van der Waals surface area contributed by atoms with Crippen molar-refractivity contribution < 1.29 is 9.59 Å². The standard InChI is InChI=1S/C17H26N4O2/c1-14(22)21(13-15-6-5-9-18-12-15)11-10-19-17(23)20-16-7-3-2-4-8-16/h5-6,9,12,16H,2-4,7-8,10-11,13H2,1H3,(H2,19,20,23). The van der Waals surface area contributed by atoms with Crippen molar-refractivity contribution in [3.63, 3.8) is 0 Å². The zero-order chi connectivity index (χ0) is 16.5. The third-order valence-electron chi connectivity index (χ3n) is 4.15. The molecule has 2 N–H and O–H groups in total. The van der Waals surface area contributed by atoms with Gasteiger partial charge in [-0.05, 0) is 24.5 Å². The molecule has 2 rings (SSSR count). The van der Waals surface area contributed by atoms with Gasteiger partial charge in [0.25, 0.3) is 0 Å². The number of nitrogens with zero attached hydrogens (tertiary/aromatic N) is 2. The quantitative estimate of drug-likeness (QED) is 0.843. The van der Waals surface area contributed by atoms with Gasteiger partial charge in [-0.1, -0.05) is 25.3 Å². The summed E-state index contributed by atoms with van der Waals surface area (Å²) in [5.74, 6) is -0.0108. The van der Waals surface area contributed by atoms with Gasteiger partial charge in [-0.15, -0.1) is 0 Å². The number of amides is 3. The van der Waals surface area contributed by atoms with Crippen molar-refractivity contribution in [1.29, 1.82) is 0 Å². The average molecular weight is 318 g/mol. The van der Waals surface area contributed by atoms with Crippen LogP contribution in [0, 0.1) is 0 Å². The van der Waals surface area contributed by atoms with Crippen LogP contribution in [0.3, 0.4) is 0 Å². The Morgan fingerprint density at radius 1 is 1.30 bits per heavy atom. The lowest BCUT2D eigenvalue weighted by molar-refractivity contribution is -0.129. The summed E-state index contributed by atoms with van der Waals surface area (Å²) in [4.78, 5) is 29.4. The summed E-state index contributed by atoms with van der Waals surface area (Å²) in [6, 6.07) is 3.94. The van der Waals surface area contributed by atoms with Gasteiger partial charge in [-0.2, -0.15) is 0 Å². The molecule has 6 nitrogen and oxygen atoms in total. The van der Waals surface area contributed by atoms with Gasteiger partial charge in [0.2, 0.25) is 5.91 Å². The molecule has 6 heteroatoms. The van der Waals surface area contributed by atoms with Crippen molar-refractivity contribution in [1.82, 2.24) is 20.5 Å². The summed E-state index contributed by atoms with van der Waals surface area (Å²) >= 11 is 0. The lowest BCUT2D eigenvalue weighted by Crippen LogP contribution is -2.45. The second-order valence-electron chi connectivity index (χ2n) is 6.04. The van der Waals surface area contributed by atoms with Gasteiger partial charge in [0.05, 0.1) is 0 Å². The Bertz CT molecular complexity index is 501. The smallest absolute Gasteiger partial charge is 0.315 e. The maximum atomic E-state index is 11.9. The van der Waals surface area contributed by atoms with E-state index in [9.17, 15) is 9.59 Å². The number of pyridine rings is 1. The molecule has 1 aromatic rings. The number of hydrogen-bond donors (Lipinski definition) is 2. The van der Waals surface area contributed by atoms with E-state index < -0.39 is 0 Å². The van der Waals surface area contributed by atoms with E-state index >= 15 is 0 Å². The van der Waals surface area contributed by atoms with Gasteiger partial charge < -0.3 is 15.5 Å². The molecule has 0 bridgehead atoms. The molecule has 0 aliphatic heterocycles. The molecule has 1 heterocycles. The highest BCUT2D eigenvalue weighted by molar-refractivity contribution is 5.75. The summed E-state index contributed by atoms with van der Waals surface area (Å²) in [5.41, 5.74) is 0.981. The van der Waals surface area contributed by atoms with Crippen LogP contribution in [0.5, 0.6) is 0 Å². The van der Waals surface area contributed by atoms with Gasteiger partial charge in [-0.25, -0.2) is 4.79 Å². The Labute approximate surface area is 137 Å². The molecule has 0 radical (unpaired) electrons. The van der Waals surface area contributed by atoms with Crippen LogP contribution in [0.25, 0.3) is 0 Å². The van der Waals surface area contributed by atoms with E-state index in [0.717, 1.165) is 18.4 Å². The predicted molar refractivity (Wildman–Crippen MR) is 88.7 cm³/mol. The molecule has 1 aliphatic carbocycles. The highest BCUT2D eigenvalue weighted by atomic mass is 16.2. The van der Waals surface area contributed by atoms with Gasteiger partial charge in [0.1, 0.15) is 0 Å². The number of carbonyl (C=O) groups excluding carboxylic acids is 2. The SMILES string of the molecule is CC(=O)N(CCNC(=O)NC1CCCCC1)Cc1cccnc1. The molecular formula is C17H26N4O2. The molecule has 0 atom stereocenters. The average Bonchev–Trinajstić information content (AvgIpc) is 2.55. The van der Waals surface area contributed by atoms with Crippen LogP contribution < -0.4 is 10.6 Å². The molecule has 1 aliphatic rings. The van der Waals surface area contributed by atoms with Crippen LogP contribution in [-0.4, -0.2) is 41.0 Å². The van der Waals surface area contributed by atoms with E-state index in [1.54, 1.807) is 24.2 Å². The third kappa shape index (κ3) is 6.26. The molecule has 0 spiro atoms. The van der Waals surface area contributed by atoms with Gasteiger partial charge >= 0.3 is 6.03 Å². The highest BCUT2D eigenvalue weighted by Gasteiger charge is 2.15. The molecule has 1 aromatic heterocycles. The molecule has 0 saturated heterocycles.